The molecule has 3 heterocycles. The number of carbonyl (C=O) groups is 1. The third-order valence-corrected chi connectivity index (χ3v) is 4.53. The Morgan fingerprint density at radius 3 is 2.88 bits per heavy atom. The van der Waals surface area contributed by atoms with Crippen molar-refractivity contribution >= 4 is 11.6 Å². The van der Waals surface area contributed by atoms with Gasteiger partial charge in [0.15, 0.2) is 5.65 Å². The van der Waals surface area contributed by atoms with Gasteiger partial charge in [0.2, 0.25) is 0 Å². The second-order valence-electron chi connectivity index (χ2n) is 6.30. The van der Waals surface area contributed by atoms with Gasteiger partial charge in [0.05, 0.1) is 12.8 Å². The summed E-state index contributed by atoms with van der Waals surface area (Å²) in [5.74, 6) is 0.325. The summed E-state index contributed by atoms with van der Waals surface area (Å²) in [5, 5.41) is 16.1. The van der Waals surface area contributed by atoms with Gasteiger partial charge >= 0.3 is 0 Å². The number of rotatable bonds is 4. The molecule has 7 heteroatoms. The molecule has 0 radical (unpaired) electrons. The molecule has 4 rings (SSSR count). The Balaban J connectivity index is 1.48. The van der Waals surface area contributed by atoms with Gasteiger partial charge < -0.3 is 10.1 Å². The molecule has 1 fully saturated rings. The molecule has 0 bridgehead atoms. The van der Waals surface area contributed by atoms with E-state index in [1.165, 1.54) is 6.20 Å². The van der Waals surface area contributed by atoms with Crippen LogP contribution in [0.15, 0.2) is 42.9 Å². The quantitative estimate of drug-likeness (QED) is 0.780. The first-order valence-electron chi connectivity index (χ1n) is 8.44. The lowest BCUT2D eigenvalue weighted by Crippen LogP contribution is -2.29. The Morgan fingerprint density at radius 1 is 1.31 bits per heavy atom. The first kappa shape index (κ1) is 16.2. The number of ether oxygens (including phenoxy) is 1. The summed E-state index contributed by atoms with van der Waals surface area (Å²) in [5.41, 5.74) is 3.38. The lowest BCUT2D eigenvalue weighted by Gasteiger charge is -2.10. The van der Waals surface area contributed by atoms with Gasteiger partial charge in [0.1, 0.15) is 11.6 Å². The summed E-state index contributed by atoms with van der Waals surface area (Å²) in [6.45, 7) is 2.14. The molecule has 1 amide bonds. The Hall–Kier alpha value is -3.24. The number of carbonyl (C=O) groups excluding carboxylic acids is 1. The average Bonchev–Trinajstić information content (AvgIpc) is 3.35. The zero-order valence-corrected chi connectivity index (χ0v) is 14.1. The molecule has 3 aromatic rings. The Bertz CT molecular complexity index is 981. The summed E-state index contributed by atoms with van der Waals surface area (Å²) in [6.07, 6.45) is 6.01. The summed E-state index contributed by atoms with van der Waals surface area (Å²) in [7, 11) is 0. The Kier molecular flexibility index (Phi) is 4.33. The molecule has 1 aliphatic heterocycles. The number of aromatic nitrogens is 3. The van der Waals surface area contributed by atoms with E-state index in [0.717, 1.165) is 30.8 Å². The van der Waals surface area contributed by atoms with E-state index < -0.39 is 0 Å². The SMILES string of the molecule is N#Cc1cnn2cc(-c3ccc(C(=O)NC[C@@H]4CCOC4)cc3)cnc12. The van der Waals surface area contributed by atoms with Gasteiger partial charge in [-0.05, 0) is 24.1 Å². The molecule has 0 spiro atoms. The van der Waals surface area contributed by atoms with E-state index in [-0.39, 0.29) is 5.91 Å². The minimum absolute atomic E-state index is 0.0808. The molecular formula is C19H17N5O2. The van der Waals surface area contributed by atoms with Gasteiger partial charge in [-0.2, -0.15) is 10.4 Å². The molecule has 0 aliphatic carbocycles. The van der Waals surface area contributed by atoms with Crippen molar-refractivity contribution < 1.29 is 9.53 Å². The van der Waals surface area contributed by atoms with Crippen LogP contribution in [0.4, 0.5) is 0 Å². The molecule has 2 aromatic heterocycles. The number of fused-ring (bicyclic) bond motifs is 1. The van der Waals surface area contributed by atoms with E-state index in [1.807, 2.05) is 18.3 Å². The first-order chi connectivity index (χ1) is 12.7. The van der Waals surface area contributed by atoms with Gasteiger partial charge in [-0.25, -0.2) is 9.50 Å². The fourth-order valence-electron chi connectivity index (χ4n) is 3.00. The second kappa shape index (κ2) is 6.94. The monoisotopic (exact) mass is 347 g/mol. The van der Waals surface area contributed by atoms with Crippen LogP contribution >= 0.6 is 0 Å². The molecule has 0 saturated carbocycles. The largest absolute Gasteiger partial charge is 0.381 e. The number of nitriles is 1. The lowest BCUT2D eigenvalue weighted by atomic mass is 10.1. The average molecular weight is 347 g/mol. The van der Waals surface area contributed by atoms with Crippen molar-refractivity contribution in [2.45, 2.75) is 6.42 Å². The van der Waals surface area contributed by atoms with Crippen molar-refractivity contribution in [1.82, 2.24) is 19.9 Å². The molecule has 26 heavy (non-hydrogen) atoms. The fraction of sp³-hybridized carbons (Fsp3) is 0.263. The van der Waals surface area contributed by atoms with E-state index in [0.29, 0.717) is 29.2 Å². The van der Waals surface area contributed by atoms with Crippen molar-refractivity contribution in [2.75, 3.05) is 19.8 Å². The molecular weight excluding hydrogens is 330 g/mol. The van der Waals surface area contributed by atoms with Crippen molar-refractivity contribution in [3.8, 4) is 17.2 Å². The Morgan fingerprint density at radius 2 is 2.15 bits per heavy atom. The van der Waals surface area contributed by atoms with Gasteiger partial charge in [0.25, 0.3) is 5.91 Å². The van der Waals surface area contributed by atoms with E-state index in [1.54, 1.807) is 22.8 Å². The Labute approximate surface area is 150 Å². The van der Waals surface area contributed by atoms with E-state index in [2.05, 4.69) is 21.5 Å². The summed E-state index contributed by atoms with van der Waals surface area (Å²) >= 11 is 0. The molecule has 1 saturated heterocycles. The van der Waals surface area contributed by atoms with Crippen LogP contribution in [-0.4, -0.2) is 40.3 Å². The third kappa shape index (κ3) is 3.15. The van der Waals surface area contributed by atoms with Gasteiger partial charge in [-0.3, -0.25) is 4.79 Å². The maximum absolute atomic E-state index is 12.3. The van der Waals surface area contributed by atoms with Crippen molar-refractivity contribution in [2.24, 2.45) is 5.92 Å². The molecule has 130 valence electrons. The maximum Gasteiger partial charge on any atom is 0.251 e. The predicted molar refractivity (Wildman–Crippen MR) is 94.4 cm³/mol. The smallest absolute Gasteiger partial charge is 0.251 e. The normalized spacial score (nSPS) is 16.5. The fourth-order valence-corrected chi connectivity index (χ4v) is 3.00. The lowest BCUT2D eigenvalue weighted by molar-refractivity contribution is 0.0945. The minimum Gasteiger partial charge on any atom is -0.381 e. The van der Waals surface area contributed by atoms with Crippen LogP contribution < -0.4 is 5.32 Å². The number of hydrogen-bond donors (Lipinski definition) is 1. The van der Waals surface area contributed by atoms with Crippen LogP contribution in [0.1, 0.15) is 22.3 Å². The number of amides is 1. The molecule has 1 atom stereocenters. The minimum atomic E-state index is -0.0808. The summed E-state index contributed by atoms with van der Waals surface area (Å²) < 4.78 is 6.90. The summed E-state index contributed by atoms with van der Waals surface area (Å²) in [4.78, 5) is 16.6. The standard InChI is InChI=1S/C19H17N5O2/c20-7-16-10-23-24-11-17(9-21-18(16)24)14-1-3-15(4-2-14)19(25)22-8-13-5-6-26-12-13/h1-4,9-11,13H,5-6,8,12H2,(H,22,25)/t13-/m0/s1. The van der Waals surface area contributed by atoms with Crippen LogP contribution in [-0.2, 0) is 4.74 Å². The van der Waals surface area contributed by atoms with Crippen LogP contribution in [0, 0.1) is 17.2 Å². The highest BCUT2D eigenvalue weighted by Gasteiger charge is 2.16. The predicted octanol–water partition coefficient (Wildman–Crippen LogP) is 2.03. The third-order valence-electron chi connectivity index (χ3n) is 4.53. The molecule has 1 N–H and O–H groups in total. The van der Waals surface area contributed by atoms with Crippen LogP contribution in [0.25, 0.3) is 16.8 Å². The maximum atomic E-state index is 12.3. The first-order valence-corrected chi connectivity index (χ1v) is 8.44. The van der Waals surface area contributed by atoms with Gasteiger partial charge in [-0.1, -0.05) is 12.1 Å². The van der Waals surface area contributed by atoms with E-state index >= 15 is 0 Å². The van der Waals surface area contributed by atoms with Crippen LogP contribution in [0.5, 0.6) is 0 Å². The highest BCUT2D eigenvalue weighted by molar-refractivity contribution is 5.94. The highest BCUT2D eigenvalue weighted by Crippen LogP contribution is 2.20. The van der Waals surface area contributed by atoms with Crippen molar-refractivity contribution in [1.29, 1.82) is 5.26 Å². The number of nitrogens with zero attached hydrogens (tertiary/aromatic N) is 4. The zero-order valence-electron chi connectivity index (χ0n) is 14.1. The highest BCUT2D eigenvalue weighted by atomic mass is 16.5. The second-order valence-corrected chi connectivity index (χ2v) is 6.30. The van der Waals surface area contributed by atoms with Crippen molar-refractivity contribution in [3.63, 3.8) is 0 Å². The van der Waals surface area contributed by atoms with E-state index in [4.69, 9.17) is 10.00 Å². The molecule has 0 unspecified atom stereocenters. The molecule has 7 nitrogen and oxygen atoms in total. The number of hydrogen-bond acceptors (Lipinski definition) is 5. The molecule has 1 aliphatic rings. The van der Waals surface area contributed by atoms with E-state index in [9.17, 15) is 4.79 Å². The number of nitrogens with one attached hydrogen (secondary N) is 1. The topological polar surface area (TPSA) is 92.3 Å². The van der Waals surface area contributed by atoms with Gasteiger partial charge in [0, 0.05) is 42.6 Å². The van der Waals surface area contributed by atoms with Crippen LogP contribution in [0.3, 0.4) is 0 Å². The van der Waals surface area contributed by atoms with Crippen LogP contribution in [0.2, 0.25) is 0 Å². The van der Waals surface area contributed by atoms with Gasteiger partial charge in [-0.15, -0.1) is 0 Å². The van der Waals surface area contributed by atoms with Crippen molar-refractivity contribution in [3.05, 3.63) is 54.0 Å². The number of benzene rings is 1. The summed E-state index contributed by atoms with van der Waals surface area (Å²) in [6, 6.07) is 9.41. The molecule has 1 aromatic carbocycles. The zero-order chi connectivity index (χ0) is 17.9.